The summed E-state index contributed by atoms with van der Waals surface area (Å²) in [6, 6.07) is 9.17. The van der Waals surface area contributed by atoms with Crippen LogP contribution >= 0.6 is 0 Å². The number of hydrogen-bond acceptors (Lipinski definition) is 5. The van der Waals surface area contributed by atoms with Gasteiger partial charge in [0.05, 0.1) is 0 Å². The first-order chi connectivity index (χ1) is 13.5. The molecule has 0 aromatic heterocycles. The van der Waals surface area contributed by atoms with Crippen molar-refractivity contribution in [2.45, 2.75) is 57.8 Å². The van der Waals surface area contributed by atoms with E-state index in [4.69, 9.17) is 9.47 Å². The highest BCUT2D eigenvalue weighted by molar-refractivity contribution is 5.86. The molecule has 158 valence electrons. The molecular formula is C21H28N2O6. The van der Waals surface area contributed by atoms with Crippen LogP contribution in [0.5, 0.6) is 0 Å². The maximum Gasteiger partial charge on any atom is 0.410 e. The van der Waals surface area contributed by atoms with E-state index in [1.807, 2.05) is 30.3 Å². The second kappa shape index (κ2) is 7.57. The Kier molecular flexibility index (Phi) is 5.47. The van der Waals surface area contributed by atoms with Crippen molar-refractivity contribution in [1.82, 2.24) is 10.2 Å². The average Bonchev–Trinajstić information content (AvgIpc) is 3.04. The molecule has 1 aromatic rings. The minimum absolute atomic E-state index is 0.0694. The Balaban J connectivity index is 1.55. The molecule has 2 aliphatic rings. The third-order valence-electron chi connectivity index (χ3n) is 5.41. The fraction of sp³-hybridized carbons (Fsp3) is 0.571. The van der Waals surface area contributed by atoms with Crippen molar-refractivity contribution in [2.75, 3.05) is 13.1 Å². The number of nitrogens with zero attached hydrogens (tertiary/aromatic N) is 1. The zero-order valence-electron chi connectivity index (χ0n) is 17.1. The molecular weight excluding hydrogens is 376 g/mol. The van der Waals surface area contributed by atoms with E-state index in [-0.39, 0.29) is 24.9 Å². The summed E-state index contributed by atoms with van der Waals surface area (Å²) in [4.78, 5) is 38.0. The number of nitrogens with one attached hydrogen (secondary N) is 1. The van der Waals surface area contributed by atoms with E-state index >= 15 is 0 Å². The Labute approximate surface area is 170 Å². The Morgan fingerprint density at radius 3 is 2.41 bits per heavy atom. The number of likely N-dealkylation sites (tertiary alicyclic amines) is 1. The van der Waals surface area contributed by atoms with E-state index in [1.54, 1.807) is 25.7 Å². The number of rotatable bonds is 4. The number of ether oxygens (including phenoxy) is 2. The predicted octanol–water partition coefficient (Wildman–Crippen LogP) is 3.16. The summed E-state index contributed by atoms with van der Waals surface area (Å²) < 4.78 is 10.6. The first-order valence-electron chi connectivity index (χ1n) is 9.73. The zero-order chi connectivity index (χ0) is 21.3. The van der Waals surface area contributed by atoms with Crippen molar-refractivity contribution in [3.8, 4) is 0 Å². The minimum atomic E-state index is -1.36. The maximum absolute atomic E-state index is 12.3. The summed E-state index contributed by atoms with van der Waals surface area (Å²) in [5, 5.41) is 12.3. The van der Waals surface area contributed by atoms with Gasteiger partial charge in [-0.1, -0.05) is 30.3 Å². The van der Waals surface area contributed by atoms with Gasteiger partial charge in [0.2, 0.25) is 0 Å². The fourth-order valence-corrected chi connectivity index (χ4v) is 4.18. The maximum atomic E-state index is 12.3. The van der Waals surface area contributed by atoms with Gasteiger partial charge in [0, 0.05) is 13.1 Å². The van der Waals surface area contributed by atoms with Crippen molar-refractivity contribution in [2.24, 2.45) is 5.41 Å². The molecule has 0 atom stereocenters. The second-order valence-electron chi connectivity index (χ2n) is 9.08. The molecule has 3 rings (SSSR count). The SMILES string of the molecule is CC(C)(C)OC(=O)N1CCC2(C1)CC(NC(=O)OCc1ccccc1)(C(=O)O)C2. The smallest absolute Gasteiger partial charge is 0.410 e. The van der Waals surface area contributed by atoms with Gasteiger partial charge < -0.3 is 24.8 Å². The lowest BCUT2D eigenvalue weighted by Crippen LogP contribution is -2.67. The third kappa shape index (κ3) is 4.81. The van der Waals surface area contributed by atoms with Crippen LogP contribution < -0.4 is 5.32 Å². The van der Waals surface area contributed by atoms with Crippen LogP contribution in [0, 0.1) is 5.41 Å². The van der Waals surface area contributed by atoms with E-state index in [2.05, 4.69) is 5.32 Å². The molecule has 2 fully saturated rings. The lowest BCUT2D eigenvalue weighted by Gasteiger charge is -2.51. The van der Waals surface area contributed by atoms with Gasteiger partial charge in [-0.2, -0.15) is 0 Å². The lowest BCUT2D eigenvalue weighted by molar-refractivity contribution is -0.155. The van der Waals surface area contributed by atoms with Crippen molar-refractivity contribution < 1.29 is 29.0 Å². The molecule has 0 radical (unpaired) electrons. The highest BCUT2D eigenvalue weighted by atomic mass is 16.6. The molecule has 0 bridgehead atoms. The van der Waals surface area contributed by atoms with E-state index in [9.17, 15) is 19.5 Å². The van der Waals surface area contributed by atoms with Crippen LogP contribution in [0.3, 0.4) is 0 Å². The molecule has 8 heteroatoms. The van der Waals surface area contributed by atoms with Crippen LogP contribution in [-0.2, 0) is 20.9 Å². The Morgan fingerprint density at radius 2 is 1.83 bits per heavy atom. The van der Waals surface area contributed by atoms with Crippen LogP contribution in [0.1, 0.15) is 45.6 Å². The summed E-state index contributed by atoms with van der Waals surface area (Å²) in [6.07, 6.45) is 0.0529. The van der Waals surface area contributed by atoms with Crippen LogP contribution in [0.2, 0.25) is 0 Å². The predicted molar refractivity (Wildman–Crippen MR) is 104 cm³/mol. The van der Waals surface area contributed by atoms with Crippen molar-refractivity contribution in [3.05, 3.63) is 35.9 Å². The van der Waals surface area contributed by atoms with E-state index in [0.29, 0.717) is 19.5 Å². The van der Waals surface area contributed by atoms with Crippen LogP contribution in [0.25, 0.3) is 0 Å². The highest BCUT2D eigenvalue weighted by Crippen LogP contribution is 2.54. The third-order valence-corrected chi connectivity index (χ3v) is 5.41. The van der Waals surface area contributed by atoms with Gasteiger partial charge in [-0.15, -0.1) is 0 Å². The molecule has 1 aromatic carbocycles. The number of benzene rings is 1. The molecule has 2 N–H and O–H groups in total. The number of amides is 2. The van der Waals surface area contributed by atoms with Gasteiger partial charge >= 0.3 is 18.2 Å². The van der Waals surface area contributed by atoms with Crippen LogP contribution in [0.15, 0.2) is 30.3 Å². The number of aliphatic carboxylic acids is 1. The number of carbonyl (C=O) groups is 3. The van der Waals surface area contributed by atoms with Gasteiger partial charge in [-0.05, 0) is 51.0 Å². The van der Waals surface area contributed by atoms with E-state index < -0.39 is 29.3 Å². The fourth-order valence-electron chi connectivity index (χ4n) is 4.18. The summed E-state index contributed by atoms with van der Waals surface area (Å²) >= 11 is 0. The van der Waals surface area contributed by atoms with E-state index in [0.717, 1.165) is 5.56 Å². The Bertz CT molecular complexity index is 780. The molecule has 1 saturated carbocycles. The van der Waals surface area contributed by atoms with Crippen molar-refractivity contribution in [1.29, 1.82) is 0 Å². The topological polar surface area (TPSA) is 105 Å². The number of hydrogen-bond donors (Lipinski definition) is 2. The molecule has 1 heterocycles. The molecule has 1 spiro atoms. The first kappa shape index (κ1) is 21.0. The molecule has 8 nitrogen and oxygen atoms in total. The molecule has 0 unspecified atom stereocenters. The quantitative estimate of drug-likeness (QED) is 0.799. The van der Waals surface area contributed by atoms with Gasteiger partial charge in [-0.3, -0.25) is 0 Å². The van der Waals surface area contributed by atoms with Gasteiger partial charge in [0.25, 0.3) is 0 Å². The minimum Gasteiger partial charge on any atom is -0.480 e. The first-order valence-corrected chi connectivity index (χ1v) is 9.73. The monoisotopic (exact) mass is 404 g/mol. The summed E-state index contributed by atoms with van der Waals surface area (Å²) in [6.45, 7) is 6.43. The molecule has 1 saturated heterocycles. The standard InChI is InChI=1S/C21H28N2O6/c1-19(2,3)29-18(27)23-10-9-20(14-23)12-21(13-20,16(24)25)22-17(26)28-11-15-7-5-4-6-8-15/h4-8H,9-14H2,1-3H3,(H,22,26)(H,24,25). The van der Waals surface area contributed by atoms with Gasteiger partial charge in [0.1, 0.15) is 17.7 Å². The van der Waals surface area contributed by atoms with Crippen molar-refractivity contribution in [3.63, 3.8) is 0 Å². The summed E-state index contributed by atoms with van der Waals surface area (Å²) in [5.41, 5.74) is -1.44. The molecule has 1 aliphatic heterocycles. The molecule has 29 heavy (non-hydrogen) atoms. The number of carboxylic acids is 1. The Morgan fingerprint density at radius 1 is 1.17 bits per heavy atom. The number of alkyl carbamates (subject to hydrolysis) is 1. The van der Waals surface area contributed by atoms with Crippen LogP contribution in [-0.4, -0.2) is 52.4 Å². The number of carbonyl (C=O) groups excluding carboxylic acids is 2. The largest absolute Gasteiger partial charge is 0.480 e. The Hall–Kier alpha value is -2.77. The summed E-state index contributed by atoms with van der Waals surface area (Å²) in [7, 11) is 0. The van der Waals surface area contributed by atoms with Gasteiger partial charge in [-0.25, -0.2) is 14.4 Å². The highest BCUT2D eigenvalue weighted by Gasteiger charge is 2.62. The normalized spacial score (nSPS) is 26.0. The molecule has 1 aliphatic carbocycles. The number of carboxylic acid groups (broad SMARTS) is 1. The lowest BCUT2D eigenvalue weighted by atomic mass is 9.56. The van der Waals surface area contributed by atoms with E-state index in [1.165, 1.54) is 0 Å². The van der Waals surface area contributed by atoms with Gasteiger partial charge in [0.15, 0.2) is 0 Å². The second-order valence-corrected chi connectivity index (χ2v) is 9.08. The summed E-state index contributed by atoms with van der Waals surface area (Å²) in [5.74, 6) is -1.09. The van der Waals surface area contributed by atoms with Crippen molar-refractivity contribution >= 4 is 18.2 Å². The average molecular weight is 404 g/mol. The molecule has 2 amide bonds. The van der Waals surface area contributed by atoms with Crippen LogP contribution in [0.4, 0.5) is 9.59 Å². The zero-order valence-corrected chi connectivity index (χ0v) is 17.1.